The molecule has 0 saturated carbocycles. The summed E-state index contributed by atoms with van der Waals surface area (Å²) in [7, 11) is 0. The van der Waals surface area contributed by atoms with Gasteiger partial charge in [0.2, 0.25) is 11.8 Å². The Labute approximate surface area is 175 Å². The summed E-state index contributed by atoms with van der Waals surface area (Å²) in [4.78, 5) is 27.1. The van der Waals surface area contributed by atoms with Crippen LogP contribution in [0.5, 0.6) is 0 Å². The lowest BCUT2D eigenvalue weighted by atomic mass is 10.1. The van der Waals surface area contributed by atoms with Gasteiger partial charge in [0.05, 0.1) is 24.3 Å². The number of carbonyl (C=O) groups excluding carboxylic acids is 2. The second kappa shape index (κ2) is 7.78. The number of aryl methyl sites for hydroxylation is 2. The SMILES string of the molecule is O=C(Nc1cnn(Cc2ccccc2)c1)C1CC(=O)N(c2ccc3c(c2)CCC3)C1. The van der Waals surface area contributed by atoms with E-state index in [2.05, 4.69) is 22.5 Å². The number of aromatic nitrogens is 2. The van der Waals surface area contributed by atoms with Crippen LogP contribution in [0.3, 0.4) is 0 Å². The molecule has 2 amide bonds. The van der Waals surface area contributed by atoms with Crippen LogP contribution in [0.4, 0.5) is 11.4 Å². The molecule has 1 aromatic heterocycles. The Morgan fingerprint density at radius 3 is 2.80 bits per heavy atom. The standard InChI is InChI=1S/C24H24N4O2/c29-23-12-20(15-28(23)22-10-9-18-7-4-8-19(18)11-22)24(30)26-21-13-25-27(16-21)14-17-5-2-1-3-6-17/h1-3,5-6,9-11,13,16,20H,4,7-8,12,14-15H2,(H,26,30). The first-order valence-corrected chi connectivity index (χ1v) is 10.4. The molecule has 2 heterocycles. The van der Waals surface area contributed by atoms with E-state index in [1.807, 2.05) is 42.6 Å². The van der Waals surface area contributed by atoms with E-state index in [4.69, 9.17) is 0 Å². The number of rotatable bonds is 5. The highest BCUT2D eigenvalue weighted by Gasteiger charge is 2.35. The van der Waals surface area contributed by atoms with Crippen molar-refractivity contribution in [3.63, 3.8) is 0 Å². The van der Waals surface area contributed by atoms with Crippen LogP contribution in [-0.4, -0.2) is 28.1 Å². The predicted molar refractivity (Wildman–Crippen MR) is 115 cm³/mol. The number of hydrogen-bond acceptors (Lipinski definition) is 3. The molecule has 1 saturated heterocycles. The molecule has 0 radical (unpaired) electrons. The fraction of sp³-hybridized carbons (Fsp3) is 0.292. The van der Waals surface area contributed by atoms with E-state index in [9.17, 15) is 9.59 Å². The Morgan fingerprint density at radius 1 is 1.10 bits per heavy atom. The molecule has 6 heteroatoms. The van der Waals surface area contributed by atoms with Crippen molar-refractivity contribution in [3.05, 3.63) is 77.6 Å². The number of anilines is 2. The van der Waals surface area contributed by atoms with Crippen LogP contribution in [-0.2, 0) is 29.0 Å². The first-order valence-electron chi connectivity index (χ1n) is 10.4. The third-order valence-electron chi connectivity index (χ3n) is 5.98. The Balaban J connectivity index is 1.22. The number of fused-ring (bicyclic) bond motifs is 1. The van der Waals surface area contributed by atoms with Crippen LogP contribution in [0.2, 0.25) is 0 Å². The second-order valence-electron chi connectivity index (χ2n) is 8.11. The second-order valence-corrected chi connectivity index (χ2v) is 8.11. The van der Waals surface area contributed by atoms with E-state index in [0.717, 1.165) is 24.1 Å². The van der Waals surface area contributed by atoms with Gasteiger partial charge in [-0.05, 0) is 48.1 Å². The minimum atomic E-state index is -0.358. The number of benzene rings is 2. The molecule has 1 N–H and O–H groups in total. The van der Waals surface area contributed by atoms with Gasteiger partial charge < -0.3 is 10.2 Å². The van der Waals surface area contributed by atoms with E-state index < -0.39 is 0 Å². The molecule has 6 nitrogen and oxygen atoms in total. The number of amides is 2. The lowest BCUT2D eigenvalue weighted by Gasteiger charge is -2.18. The third kappa shape index (κ3) is 3.73. The summed E-state index contributed by atoms with van der Waals surface area (Å²) in [5.41, 5.74) is 5.42. The van der Waals surface area contributed by atoms with Crippen LogP contribution >= 0.6 is 0 Å². The van der Waals surface area contributed by atoms with Gasteiger partial charge in [-0.1, -0.05) is 36.4 Å². The highest BCUT2D eigenvalue weighted by Crippen LogP contribution is 2.31. The fourth-order valence-electron chi connectivity index (χ4n) is 4.39. The minimum absolute atomic E-state index is 0.00729. The van der Waals surface area contributed by atoms with E-state index in [1.54, 1.807) is 15.8 Å². The largest absolute Gasteiger partial charge is 0.323 e. The maximum Gasteiger partial charge on any atom is 0.229 e. The molecule has 0 spiro atoms. The summed E-state index contributed by atoms with van der Waals surface area (Å²) in [5.74, 6) is -0.484. The maximum atomic E-state index is 12.8. The molecule has 1 aliphatic carbocycles. The van der Waals surface area contributed by atoms with Gasteiger partial charge >= 0.3 is 0 Å². The van der Waals surface area contributed by atoms with Crippen molar-refractivity contribution in [2.45, 2.75) is 32.2 Å². The molecule has 1 atom stereocenters. The van der Waals surface area contributed by atoms with Crippen molar-refractivity contribution in [2.24, 2.45) is 5.92 Å². The maximum absolute atomic E-state index is 12.8. The van der Waals surface area contributed by atoms with Crippen LogP contribution in [0.15, 0.2) is 60.9 Å². The molecule has 5 rings (SSSR count). The normalized spacial score (nSPS) is 17.9. The highest BCUT2D eigenvalue weighted by atomic mass is 16.2. The molecule has 2 aromatic carbocycles. The summed E-state index contributed by atoms with van der Waals surface area (Å²) in [6.07, 6.45) is 7.07. The molecular weight excluding hydrogens is 376 g/mol. The Kier molecular flexibility index (Phi) is 4.83. The zero-order valence-electron chi connectivity index (χ0n) is 16.8. The fourth-order valence-corrected chi connectivity index (χ4v) is 4.39. The molecule has 1 fully saturated rings. The van der Waals surface area contributed by atoms with Gasteiger partial charge in [-0.3, -0.25) is 14.3 Å². The van der Waals surface area contributed by atoms with Crippen molar-refractivity contribution in [1.29, 1.82) is 0 Å². The van der Waals surface area contributed by atoms with Gasteiger partial charge in [0, 0.05) is 24.8 Å². The average molecular weight is 400 g/mol. The number of nitrogens with one attached hydrogen (secondary N) is 1. The summed E-state index contributed by atoms with van der Waals surface area (Å²) in [6, 6.07) is 16.3. The monoisotopic (exact) mass is 400 g/mol. The van der Waals surface area contributed by atoms with Crippen LogP contribution in [0.25, 0.3) is 0 Å². The Bertz CT molecular complexity index is 1090. The molecule has 30 heavy (non-hydrogen) atoms. The molecular formula is C24H24N4O2. The summed E-state index contributed by atoms with van der Waals surface area (Å²) >= 11 is 0. The minimum Gasteiger partial charge on any atom is -0.323 e. The van der Waals surface area contributed by atoms with Gasteiger partial charge in [0.25, 0.3) is 0 Å². The zero-order valence-corrected chi connectivity index (χ0v) is 16.8. The molecule has 2 aliphatic rings. The van der Waals surface area contributed by atoms with Gasteiger partial charge in [0.1, 0.15) is 0 Å². The number of nitrogens with zero attached hydrogens (tertiary/aromatic N) is 3. The Morgan fingerprint density at radius 2 is 1.93 bits per heavy atom. The van der Waals surface area contributed by atoms with Gasteiger partial charge in [-0.15, -0.1) is 0 Å². The van der Waals surface area contributed by atoms with Crippen molar-refractivity contribution in [1.82, 2.24) is 9.78 Å². The average Bonchev–Trinajstić information content (AvgIpc) is 3.48. The lowest BCUT2D eigenvalue weighted by molar-refractivity contribution is -0.122. The lowest BCUT2D eigenvalue weighted by Crippen LogP contribution is -2.28. The quantitative estimate of drug-likeness (QED) is 0.714. The molecule has 0 bridgehead atoms. The summed E-state index contributed by atoms with van der Waals surface area (Å²) in [6.45, 7) is 1.06. The van der Waals surface area contributed by atoms with Crippen LogP contribution < -0.4 is 10.2 Å². The number of carbonyl (C=O) groups is 2. The van der Waals surface area contributed by atoms with Crippen LogP contribution in [0, 0.1) is 5.92 Å². The van der Waals surface area contributed by atoms with E-state index >= 15 is 0 Å². The van der Waals surface area contributed by atoms with Gasteiger partial charge in [-0.25, -0.2) is 0 Å². The Hall–Kier alpha value is -3.41. The van der Waals surface area contributed by atoms with Crippen molar-refractivity contribution < 1.29 is 9.59 Å². The van der Waals surface area contributed by atoms with Crippen LogP contribution in [0.1, 0.15) is 29.5 Å². The van der Waals surface area contributed by atoms with E-state index in [1.165, 1.54) is 17.5 Å². The first-order chi connectivity index (χ1) is 14.7. The molecule has 152 valence electrons. The van der Waals surface area contributed by atoms with Gasteiger partial charge in [0.15, 0.2) is 0 Å². The van der Waals surface area contributed by atoms with Crippen molar-refractivity contribution >= 4 is 23.2 Å². The zero-order chi connectivity index (χ0) is 20.5. The van der Waals surface area contributed by atoms with Crippen molar-refractivity contribution in [3.8, 4) is 0 Å². The molecule has 1 aliphatic heterocycles. The van der Waals surface area contributed by atoms with E-state index in [-0.39, 0.29) is 24.2 Å². The third-order valence-corrected chi connectivity index (χ3v) is 5.98. The summed E-state index contributed by atoms with van der Waals surface area (Å²) < 4.78 is 1.79. The molecule has 3 aromatic rings. The summed E-state index contributed by atoms with van der Waals surface area (Å²) in [5, 5.41) is 7.25. The first kappa shape index (κ1) is 18.6. The topological polar surface area (TPSA) is 67.2 Å². The predicted octanol–water partition coefficient (Wildman–Crippen LogP) is 3.41. The van der Waals surface area contributed by atoms with E-state index in [0.29, 0.717) is 18.8 Å². The number of hydrogen-bond donors (Lipinski definition) is 1. The smallest absolute Gasteiger partial charge is 0.229 e. The highest BCUT2D eigenvalue weighted by molar-refractivity contribution is 6.03. The molecule has 1 unspecified atom stereocenters. The van der Waals surface area contributed by atoms with Crippen molar-refractivity contribution in [2.75, 3.05) is 16.8 Å². The van der Waals surface area contributed by atoms with Gasteiger partial charge in [-0.2, -0.15) is 5.10 Å².